The van der Waals surface area contributed by atoms with Gasteiger partial charge in [-0.2, -0.15) is 18.6 Å². The van der Waals surface area contributed by atoms with Crippen LogP contribution in [0.2, 0.25) is 5.02 Å². The molecular weight excluding hydrogens is 433 g/mol. The van der Waals surface area contributed by atoms with Gasteiger partial charge in [-0.25, -0.2) is 4.99 Å². The van der Waals surface area contributed by atoms with Gasteiger partial charge in [-0.1, -0.05) is 23.7 Å². The summed E-state index contributed by atoms with van der Waals surface area (Å²) in [6, 6.07) is 8.93. The molecule has 1 saturated heterocycles. The number of hydrogen-bond donors (Lipinski definition) is 5. The van der Waals surface area contributed by atoms with Crippen LogP contribution in [0, 0.1) is 0 Å². The van der Waals surface area contributed by atoms with Gasteiger partial charge >= 0.3 is 6.18 Å². The summed E-state index contributed by atoms with van der Waals surface area (Å²) < 4.78 is 47.5. The number of benzene rings is 2. The molecule has 2 heterocycles. The molecule has 2 aromatic carbocycles. The van der Waals surface area contributed by atoms with E-state index in [1.165, 1.54) is 6.07 Å². The summed E-state index contributed by atoms with van der Waals surface area (Å²) in [6.07, 6.45) is -2.52. The number of hydrogen-bond acceptors (Lipinski definition) is 7. The van der Waals surface area contributed by atoms with Crippen molar-refractivity contribution in [3.8, 4) is 16.9 Å². The van der Waals surface area contributed by atoms with Gasteiger partial charge in [0.25, 0.3) is 0 Å². The minimum Gasteiger partial charge on any atom is -0.492 e. The number of nitrogens with zero attached hydrogens (tertiary/aromatic N) is 1. The summed E-state index contributed by atoms with van der Waals surface area (Å²) in [5.41, 5.74) is 15.9. The summed E-state index contributed by atoms with van der Waals surface area (Å²) in [5, 5.41) is 3.22. The Hall–Kier alpha value is -2.53. The minimum absolute atomic E-state index is 0.0190. The molecule has 2 aliphatic heterocycles. The summed E-state index contributed by atoms with van der Waals surface area (Å²) in [5.74, 6) is -1.14. The molecule has 0 aromatic heterocycles. The first-order valence-corrected chi connectivity index (χ1v) is 10.1. The summed E-state index contributed by atoms with van der Waals surface area (Å²) in [7, 11) is 0. The fourth-order valence-electron chi connectivity index (χ4n) is 3.70. The predicted octanol–water partition coefficient (Wildman–Crippen LogP) is 2.65. The first-order valence-electron chi connectivity index (χ1n) is 9.71. The number of hydrazine groups is 1. The molecule has 2 atom stereocenters. The fourth-order valence-corrected chi connectivity index (χ4v) is 4.03. The maximum atomic E-state index is 13.9. The van der Waals surface area contributed by atoms with Gasteiger partial charge in [0.15, 0.2) is 0 Å². The van der Waals surface area contributed by atoms with E-state index in [2.05, 4.69) is 21.2 Å². The van der Waals surface area contributed by atoms with E-state index in [0.29, 0.717) is 17.9 Å². The lowest BCUT2D eigenvalue weighted by molar-refractivity contribution is -0.137. The van der Waals surface area contributed by atoms with Crippen LogP contribution in [-0.2, 0) is 12.0 Å². The number of halogens is 4. The molecule has 166 valence electrons. The Morgan fingerprint density at radius 2 is 1.97 bits per heavy atom. The van der Waals surface area contributed by atoms with Crippen LogP contribution in [0.3, 0.4) is 0 Å². The molecule has 11 heteroatoms. The first-order chi connectivity index (χ1) is 14.7. The topological polar surface area (TPSA) is 110 Å². The average Bonchev–Trinajstić information content (AvgIpc) is 3.36. The van der Waals surface area contributed by atoms with E-state index in [9.17, 15) is 13.2 Å². The molecular formula is C20H22ClF3N6O. The van der Waals surface area contributed by atoms with Gasteiger partial charge in [0, 0.05) is 22.2 Å². The third kappa shape index (κ3) is 4.57. The molecule has 2 unspecified atom stereocenters. The van der Waals surface area contributed by atoms with Gasteiger partial charge in [0.05, 0.1) is 5.56 Å². The van der Waals surface area contributed by atoms with Crippen molar-refractivity contribution >= 4 is 17.6 Å². The smallest absolute Gasteiger partial charge is 0.417 e. The molecule has 2 aliphatic rings. The maximum Gasteiger partial charge on any atom is 0.417 e. The minimum atomic E-state index is -4.67. The second-order valence-electron chi connectivity index (χ2n) is 7.52. The van der Waals surface area contributed by atoms with E-state index < -0.39 is 17.5 Å². The molecule has 31 heavy (non-hydrogen) atoms. The van der Waals surface area contributed by atoms with Crippen LogP contribution in [0.15, 0.2) is 41.4 Å². The number of ether oxygens (including phenoxy) is 1. The van der Waals surface area contributed by atoms with Gasteiger partial charge in [-0.3, -0.25) is 11.2 Å². The zero-order chi connectivity index (χ0) is 22.2. The molecule has 0 amide bonds. The van der Waals surface area contributed by atoms with Gasteiger partial charge in [0.1, 0.15) is 12.4 Å². The van der Waals surface area contributed by atoms with Crippen molar-refractivity contribution in [3.05, 3.63) is 52.5 Å². The number of aliphatic imine (C=N–C) groups is 1. The number of nitrogens with two attached hydrogens (primary N) is 2. The second kappa shape index (κ2) is 8.19. The predicted molar refractivity (Wildman–Crippen MR) is 112 cm³/mol. The Balaban J connectivity index is 1.65. The van der Waals surface area contributed by atoms with Crippen LogP contribution in [0.4, 0.5) is 13.2 Å². The van der Waals surface area contributed by atoms with Crippen molar-refractivity contribution in [2.24, 2.45) is 16.5 Å². The molecule has 0 radical (unpaired) electrons. The number of alkyl halides is 3. The number of nitrogens with one attached hydrogen (secondary N) is 3. The summed E-state index contributed by atoms with van der Waals surface area (Å²) in [6.45, 7) is 1.47. The quantitative estimate of drug-likeness (QED) is 0.475. The fraction of sp³-hybridized carbons (Fsp3) is 0.350. The van der Waals surface area contributed by atoms with Gasteiger partial charge in [0.2, 0.25) is 11.7 Å². The molecule has 7 nitrogen and oxygen atoms in total. The van der Waals surface area contributed by atoms with E-state index in [0.717, 1.165) is 25.5 Å². The highest BCUT2D eigenvalue weighted by molar-refractivity contribution is 6.33. The maximum absolute atomic E-state index is 13.9. The Morgan fingerprint density at radius 1 is 1.23 bits per heavy atom. The van der Waals surface area contributed by atoms with Crippen molar-refractivity contribution in [3.63, 3.8) is 0 Å². The van der Waals surface area contributed by atoms with Crippen LogP contribution in [0.25, 0.3) is 11.1 Å². The highest BCUT2D eigenvalue weighted by Gasteiger charge is 2.39. The van der Waals surface area contributed by atoms with E-state index >= 15 is 0 Å². The lowest BCUT2D eigenvalue weighted by Crippen LogP contribution is -2.50. The number of guanidine groups is 1. The molecule has 0 bridgehead atoms. The number of rotatable bonds is 5. The third-order valence-corrected chi connectivity index (χ3v) is 5.57. The largest absolute Gasteiger partial charge is 0.492 e. The van der Waals surface area contributed by atoms with Crippen molar-refractivity contribution in [2.75, 3.05) is 13.2 Å². The molecule has 4 rings (SSSR count). The van der Waals surface area contributed by atoms with Crippen LogP contribution in [-0.4, -0.2) is 25.2 Å². The normalized spacial score (nSPS) is 23.5. The van der Waals surface area contributed by atoms with Crippen LogP contribution < -0.4 is 32.4 Å². The van der Waals surface area contributed by atoms with Crippen molar-refractivity contribution < 1.29 is 17.9 Å². The molecule has 1 fully saturated rings. The van der Waals surface area contributed by atoms with Crippen molar-refractivity contribution in [1.82, 2.24) is 16.2 Å². The molecule has 2 aromatic rings. The van der Waals surface area contributed by atoms with E-state index in [-0.39, 0.29) is 28.2 Å². The van der Waals surface area contributed by atoms with Gasteiger partial charge in [-0.15, -0.1) is 0 Å². The molecule has 0 spiro atoms. The zero-order valence-corrected chi connectivity index (χ0v) is 17.1. The highest BCUT2D eigenvalue weighted by atomic mass is 35.5. The highest BCUT2D eigenvalue weighted by Crippen LogP contribution is 2.43. The molecule has 0 saturated carbocycles. The monoisotopic (exact) mass is 454 g/mol. The van der Waals surface area contributed by atoms with Crippen molar-refractivity contribution in [1.29, 1.82) is 0 Å². The van der Waals surface area contributed by atoms with Gasteiger partial charge < -0.3 is 15.8 Å². The van der Waals surface area contributed by atoms with E-state index in [1.807, 2.05) is 0 Å². The Kier molecular flexibility index (Phi) is 5.73. The lowest BCUT2D eigenvalue weighted by atomic mass is 9.95. The summed E-state index contributed by atoms with van der Waals surface area (Å²) in [4.78, 5) is 3.92. The van der Waals surface area contributed by atoms with E-state index in [4.69, 9.17) is 27.8 Å². The van der Waals surface area contributed by atoms with Crippen LogP contribution in [0.5, 0.6) is 5.75 Å². The van der Waals surface area contributed by atoms with E-state index in [1.54, 1.807) is 24.3 Å². The van der Waals surface area contributed by atoms with Crippen LogP contribution >= 0.6 is 11.6 Å². The average molecular weight is 455 g/mol. The van der Waals surface area contributed by atoms with Crippen LogP contribution in [0.1, 0.15) is 24.0 Å². The summed E-state index contributed by atoms with van der Waals surface area (Å²) >= 11 is 6.32. The zero-order valence-electron chi connectivity index (χ0n) is 16.4. The Bertz CT molecular complexity index is 992. The second-order valence-corrected chi connectivity index (χ2v) is 7.93. The SMILES string of the molecule is NC1=NC(N)(c2cc(Cl)c(-c3ccc(OCC4CCCN4)cc3)c(C(F)(F)F)c2)NN1. The first kappa shape index (κ1) is 21.7. The Labute approximate surface area is 182 Å². The molecule has 0 aliphatic carbocycles. The lowest BCUT2D eigenvalue weighted by Gasteiger charge is -2.24. The van der Waals surface area contributed by atoms with Gasteiger partial charge in [-0.05, 0) is 49.2 Å². The third-order valence-electron chi connectivity index (χ3n) is 5.27. The Morgan fingerprint density at radius 3 is 2.55 bits per heavy atom. The van der Waals surface area contributed by atoms with Crippen molar-refractivity contribution in [2.45, 2.75) is 30.8 Å². The molecule has 7 N–H and O–H groups in total. The standard InChI is InChI=1S/C20H22ClF3N6O/c21-16-9-12(20(26)28-18(25)29-30-20)8-15(19(22,23)24)17(16)11-3-5-14(6-4-11)31-10-13-2-1-7-27-13/h3-6,8-9,13,27,30H,1-2,7,10,26H2,(H3,25,28,29).